The molecular weight excluding hydrogens is 279 g/mol. The summed E-state index contributed by atoms with van der Waals surface area (Å²) < 4.78 is 38.2. The third-order valence-electron chi connectivity index (χ3n) is 3.60. The maximum Gasteiger partial charge on any atom is 0.405 e. The molecular formula is C15H22F3N3. The molecule has 21 heavy (non-hydrogen) atoms. The monoisotopic (exact) mass is 301 g/mol. The van der Waals surface area contributed by atoms with Crippen LogP contribution >= 0.6 is 0 Å². The predicted octanol–water partition coefficient (Wildman–Crippen LogP) is 3.67. The summed E-state index contributed by atoms with van der Waals surface area (Å²) in [5.74, 6) is 0.428. The van der Waals surface area contributed by atoms with E-state index >= 15 is 0 Å². The van der Waals surface area contributed by atoms with E-state index in [0.717, 1.165) is 31.4 Å². The molecule has 1 saturated carbocycles. The number of alkyl halides is 3. The van der Waals surface area contributed by atoms with Gasteiger partial charge in [-0.1, -0.05) is 6.92 Å². The molecule has 6 heteroatoms. The Morgan fingerprint density at radius 3 is 2.71 bits per heavy atom. The molecule has 0 saturated heterocycles. The van der Waals surface area contributed by atoms with Crippen molar-refractivity contribution < 1.29 is 13.2 Å². The molecule has 1 atom stereocenters. The van der Waals surface area contributed by atoms with Crippen LogP contribution in [0, 0.1) is 0 Å². The zero-order valence-electron chi connectivity index (χ0n) is 12.5. The van der Waals surface area contributed by atoms with Crippen molar-refractivity contribution in [3.05, 3.63) is 23.9 Å². The summed E-state index contributed by atoms with van der Waals surface area (Å²) in [7, 11) is 0. The molecule has 1 aromatic heterocycles. The predicted molar refractivity (Wildman–Crippen MR) is 77.4 cm³/mol. The Balaban J connectivity index is 2.14. The summed E-state index contributed by atoms with van der Waals surface area (Å²) in [6, 6.07) is 3.72. The first kappa shape index (κ1) is 16.1. The molecule has 0 amide bonds. The van der Waals surface area contributed by atoms with Crippen LogP contribution in [0.5, 0.6) is 0 Å². The number of hydrogen-bond donors (Lipinski definition) is 1. The smallest absolute Gasteiger partial charge is 0.345 e. The zero-order valence-corrected chi connectivity index (χ0v) is 12.5. The van der Waals surface area contributed by atoms with Crippen LogP contribution in [-0.2, 0) is 0 Å². The summed E-state index contributed by atoms with van der Waals surface area (Å²) in [5.41, 5.74) is 0.973. The number of nitrogens with one attached hydrogen (secondary N) is 1. The highest BCUT2D eigenvalue weighted by Crippen LogP contribution is 2.34. The fourth-order valence-corrected chi connectivity index (χ4v) is 2.32. The lowest BCUT2D eigenvalue weighted by atomic mass is 10.1. The van der Waals surface area contributed by atoms with Crippen molar-refractivity contribution in [2.24, 2.45) is 0 Å². The summed E-state index contributed by atoms with van der Waals surface area (Å²) in [6.45, 7) is 4.05. The Labute approximate surface area is 123 Å². The number of pyridine rings is 1. The maximum absolute atomic E-state index is 12.7. The van der Waals surface area contributed by atoms with Crippen LogP contribution in [0.15, 0.2) is 18.3 Å². The van der Waals surface area contributed by atoms with Crippen molar-refractivity contribution in [1.82, 2.24) is 10.3 Å². The SMILES string of the molecule is CCCNC(C)c1ccnc(N(CC(F)(F)F)C2CC2)c1. The van der Waals surface area contributed by atoms with Crippen LogP contribution in [0.25, 0.3) is 0 Å². The Hall–Kier alpha value is -1.30. The molecule has 0 spiro atoms. The second-order valence-corrected chi connectivity index (χ2v) is 5.60. The van der Waals surface area contributed by atoms with Crippen molar-refractivity contribution in [3.63, 3.8) is 0 Å². The molecule has 1 unspecified atom stereocenters. The standard InChI is InChI=1S/C15H22F3N3/c1-3-7-19-11(2)12-6-8-20-14(9-12)21(13-4-5-13)10-15(16,17)18/h6,8-9,11,13,19H,3-5,7,10H2,1-2H3. The third-order valence-corrected chi connectivity index (χ3v) is 3.60. The Morgan fingerprint density at radius 2 is 2.14 bits per heavy atom. The van der Waals surface area contributed by atoms with E-state index in [1.54, 1.807) is 12.3 Å². The zero-order chi connectivity index (χ0) is 15.5. The van der Waals surface area contributed by atoms with Crippen molar-refractivity contribution in [3.8, 4) is 0 Å². The van der Waals surface area contributed by atoms with Gasteiger partial charge in [-0.3, -0.25) is 0 Å². The quantitative estimate of drug-likeness (QED) is 0.833. The first-order chi connectivity index (χ1) is 9.90. The van der Waals surface area contributed by atoms with Gasteiger partial charge in [0.25, 0.3) is 0 Å². The molecule has 1 fully saturated rings. The number of nitrogens with zero attached hydrogens (tertiary/aromatic N) is 2. The van der Waals surface area contributed by atoms with Gasteiger partial charge in [0, 0.05) is 18.3 Å². The van der Waals surface area contributed by atoms with Crippen molar-refractivity contribution in [2.45, 2.75) is 51.4 Å². The highest BCUT2D eigenvalue weighted by molar-refractivity contribution is 5.44. The van der Waals surface area contributed by atoms with E-state index in [4.69, 9.17) is 0 Å². The average Bonchev–Trinajstić information content (AvgIpc) is 3.26. The molecule has 1 aliphatic rings. The average molecular weight is 301 g/mol. The molecule has 1 aliphatic carbocycles. The van der Waals surface area contributed by atoms with Gasteiger partial charge in [0.1, 0.15) is 12.4 Å². The second kappa shape index (κ2) is 6.64. The van der Waals surface area contributed by atoms with Gasteiger partial charge in [-0.15, -0.1) is 0 Å². The topological polar surface area (TPSA) is 28.2 Å². The Kier molecular flexibility index (Phi) is 5.08. The first-order valence-corrected chi connectivity index (χ1v) is 7.43. The Morgan fingerprint density at radius 1 is 1.43 bits per heavy atom. The van der Waals surface area contributed by atoms with Crippen molar-refractivity contribution in [1.29, 1.82) is 0 Å². The number of halogens is 3. The number of anilines is 1. The molecule has 1 heterocycles. The lowest BCUT2D eigenvalue weighted by Gasteiger charge is -2.25. The van der Waals surface area contributed by atoms with Gasteiger partial charge < -0.3 is 10.2 Å². The lowest BCUT2D eigenvalue weighted by molar-refractivity contribution is -0.120. The van der Waals surface area contributed by atoms with Crippen LogP contribution in [0.2, 0.25) is 0 Å². The highest BCUT2D eigenvalue weighted by Gasteiger charge is 2.38. The molecule has 0 bridgehead atoms. The van der Waals surface area contributed by atoms with Crippen LogP contribution in [0.1, 0.15) is 44.7 Å². The van der Waals surface area contributed by atoms with E-state index in [9.17, 15) is 13.2 Å². The first-order valence-electron chi connectivity index (χ1n) is 7.43. The van der Waals surface area contributed by atoms with Gasteiger partial charge in [-0.2, -0.15) is 13.2 Å². The van der Waals surface area contributed by atoms with Gasteiger partial charge >= 0.3 is 6.18 Å². The summed E-state index contributed by atoms with van der Waals surface area (Å²) in [6.07, 6.45) is 0.0364. The van der Waals surface area contributed by atoms with E-state index in [1.807, 2.05) is 13.0 Å². The third kappa shape index (κ3) is 4.88. The minimum Gasteiger partial charge on any atom is -0.345 e. The number of aromatic nitrogens is 1. The normalized spacial score (nSPS) is 16.8. The van der Waals surface area contributed by atoms with Gasteiger partial charge in [-0.05, 0) is 50.4 Å². The minimum absolute atomic E-state index is 0.0201. The summed E-state index contributed by atoms with van der Waals surface area (Å²) in [5, 5.41) is 3.34. The molecule has 118 valence electrons. The van der Waals surface area contributed by atoms with Crippen LogP contribution < -0.4 is 10.2 Å². The largest absolute Gasteiger partial charge is 0.405 e. The number of rotatable bonds is 7. The summed E-state index contributed by atoms with van der Waals surface area (Å²) in [4.78, 5) is 5.53. The van der Waals surface area contributed by atoms with Gasteiger partial charge in [0.05, 0.1) is 0 Å². The molecule has 1 aromatic rings. The van der Waals surface area contributed by atoms with E-state index in [-0.39, 0.29) is 12.1 Å². The minimum atomic E-state index is -4.20. The molecule has 2 rings (SSSR count). The highest BCUT2D eigenvalue weighted by atomic mass is 19.4. The van der Waals surface area contributed by atoms with E-state index in [1.165, 1.54) is 4.90 Å². The fourth-order valence-electron chi connectivity index (χ4n) is 2.32. The number of hydrogen-bond acceptors (Lipinski definition) is 3. The molecule has 0 radical (unpaired) electrons. The van der Waals surface area contributed by atoms with E-state index < -0.39 is 12.7 Å². The van der Waals surface area contributed by atoms with Gasteiger partial charge in [-0.25, -0.2) is 4.98 Å². The van der Waals surface area contributed by atoms with Crippen LogP contribution in [-0.4, -0.2) is 30.3 Å². The van der Waals surface area contributed by atoms with Crippen LogP contribution in [0.4, 0.5) is 19.0 Å². The second-order valence-electron chi connectivity index (χ2n) is 5.60. The fraction of sp³-hybridized carbons (Fsp3) is 0.667. The molecule has 3 nitrogen and oxygen atoms in total. The lowest BCUT2D eigenvalue weighted by Crippen LogP contribution is -2.36. The van der Waals surface area contributed by atoms with Crippen LogP contribution in [0.3, 0.4) is 0 Å². The molecule has 1 N–H and O–H groups in total. The summed E-state index contributed by atoms with van der Waals surface area (Å²) >= 11 is 0. The van der Waals surface area contributed by atoms with E-state index in [2.05, 4.69) is 17.2 Å². The Bertz CT molecular complexity index is 458. The van der Waals surface area contributed by atoms with Crippen molar-refractivity contribution >= 4 is 5.82 Å². The molecule has 0 aromatic carbocycles. The van der Waals surface area contributed by atoms with E-state index in [0.29, 0.717) is 5.82 Å². The van der Waals surface area contributed by atoms with Crippen molar-refractivity contribution in [2.75, 3.05) is 18.0 Å². The maximum atomic E-state index is 12.7. The van der Waals surface area contributed by atoms with Gasteiger partial charge in [0.2, 0.25) is 0 Å². The van der Waals surface area contributed by atoms with Gasteiger partial charge in [0.15, 0.2) is 0 Å². The molecule has 0 aliphatic heterocycles.